The SMILES string of the molecule is [C-]#[N+]c1ccc2c(c1)c1ccccc1n2-c1ccc2oc3ccc(-n4c5ccccc5c5ccc6oc7cccnc7c6c54)cc3c2c1. The summed E-state index contributed by atoms with van der Waals surface area (Å²) < 4.78 is 17.3. The Hall–Kier alpha value is -6.84. The zero-order chi connectivity index (χ0) is 31.5. The van der Waals surface area contributed by atoms with Crippen molar-refractivity contribution in [1.82, 2.24) is 14.1 Å². The standard InChI is InChI=1S/C42H22N4O2/c1-43-24-12-16-35-30(21-24)28-8-3-4-9-33(28)45(35)25-13-17-36-31(22-25)32-23-26(14-18-37(32)47-36)46-34-10-5-2-7-27(34)29-15-19-38-40(42(29)46)41-39(48-38)11-6-20-44-41/h2-23H. The fourth-order valence-electron chi connectivity index (χ4n) is 7.74. The monoisotopic (exact) mass is 614 g/mol. The van der Waals surface area contributed by atoms with Crippen molar-refractivity contribution in [2.75, 3.05) is 0 Å². The van der Waals surface area contributed by atoms with Gasteiger partial charge in [-0.3, -0.25) is 4.98 Å². The van der Waals surface area contributed by atoms with Gasteiger partial charge in [-0.2, -0.15) is 0 Å². The minimum Gasteiger partial charge on any atom is -0.456 e. The van der Waals surface area contributed by atoms with Crippen LogP contribution in [0, 0.1) is 6.57 Å². The van der Waals surface area contributed by atoms with Crippen LogP contribution in [0.25, 0.3) is 104 Å². The first-order valence-corrected chi connectivity index (χ1v) is 15.8. The summed E-state index contributed by atoms with van der Waals surface area (Å²) in [5.74, 6) is 0. The van der Waals surface area contributed by atoms with Crippen molar-refractivity contribution in [3.8, 4) is 11.4 Å². The predicted octanol–water partition coefficient (Wildman–Crippen LogP) is 11.6. The first-order chi connectivity index (χ1) is 23.7. The molecule has 0 bridgehead atoms. The van der Waals surface area contributed by atoms with Crippen LogP contribution in [0.15, 0.2) is 142 Å². The van der Waals surface area contributed by atoms with Crippen LogP contribution in [0.2, 0.25) is 0 Å². The molecule has 0 amide bonds. The van der Waals surface area contributed by atoms with E-state index in [0.29, 0.717) is 5.69 Å². The number of hydrogen-bond acceptors (Lipinski definition) is 3. The largest absolute Gasteiger partial charge is 0.456 e. The van der Waals surface area contributed by atoms with Gasteiger partial charge in [-0.15, -0.1) is 0 Å². The molecule has 11 rings (SSSR count). The number of aromatic nitrogens is 3. The molecular weight excluding hydrogens is 592 g/mol. The van der Waals surface area contributed by atoms with Crippen LogP contribution in [0.1, 0.15) is 0 Å². The molecular formula is C42H22N4O2. The summed E-state index contributed by atoms with van der Waals surface area (Å²) in [7, 11) is 0. The highest BCUT2D eigenvalue weighted by Gasteiger charge is 2.21. The molecule has 0 radical (unpaired) electrons. The number of fused-ring (bicyclic) bond motifs is 13. The Kier molecular flexibility index (Phi) is 4.82. The van der Waals surface area contributed by atoms with Crippen molar-refractivity contribution in [1.29, 1.82) is 0 Å². The van der Waals surface area contributed by atoms with E-state index in [2.05, 4.69) is 117 Å². The molecule has 222 valence electrons. The van der Waals surface area contributed by atoms with Crippen molar-refractivity contribution in [2.24, 2.45) is 0 Å². The number of furan rings is 2. The third-order valence-corrected chi connectivity index (χ3v) is 9.76. The van der Waals surface area contributed by atoms with Crippen molar-refractivity contribution in [3.05, 3.63) is 145 Å². The van der Waals surface area contributed by atoms with Gasteiger partial charge in [0, 0.05) is 44.5 Å². The second-order valence-corrected chi connectivity index (χ2v) is 12.3. The molecule has 48 heavy (non-hydrogen) atoms. The van der Waals surface area contributed by atoms with Gasteiger partial charge in [-0.25, -0.2) is 4.85 Å². The van der Waals surface area contributed by atoms with Gasteiger partial charge in [0.2, 0.25) is 0 Å². The van der Waals surface area contributed by atoms with Gasteiger partial charge < -0.3 is 18.0 Å². The molecule has 0 saturated heterocycles. The maximum atomic E-state index is 7.57. The molecule has 5 aromatic heterocycles. The van der Waals surface area contributed by atoms with E-state index in [1.807, 2.05) is 30.5 Å². The zero-order valence-electron chi connectivity index (χ0n) is 25.3. The molecule has 6 aromatic carbocycles. The minimum atomic E-state index is 0.635. The van der Waals surface area contributed by atoms with E-state index in [1.54, 1.807) is 0 Å². The number of pyridine rings is 1. The third kappa shape index (κ3) is 3.26. The summed E-state index contributed by atoms with van der Waals surface area (Å²) in [4.78, 5) is 8.45. The van der Waals surface area contributed by atoms with E-state index in [-0.39, 0.29) is 0 Å². The molecule has 0 aliphatic heterocycles. The van der Waals surface area contributed by atoms with Gasteiger partial charge >= 0.3 is 0 Å². The lowest BCUT2D eigenvalue weighted by Crippen LogP contribution is -1.94. The van der Waals surface area contributed by atoms with Crippen molar-refractivity contribution >= 4 is 93.3 Å². The number of para-hydroxylation sites is 2. The molecule has 6 nitrogen and oxygen atoms in total. The molecule has 0 spiro atoms. The first kappa shape index (κ1) is 25.4. The van der Waals surface area contributed by atoms with E-state index in [9.17, 15) is 0 Å². The molecule has 6 heteroatoms. The van der Waals surface area contributed by atoms with E-state index in [1.165, 1.54) is 5.39 Å². The molecule has 0 N–H and O–H groups in total. The first-order valence-electron chi connectivity index (χ1n) is 15.8. The lowest BCUT2D eigenvalue weighted by Gasteiger charge is -2.09. The van der Waals surface area contributed by atoms with Crippen LogP contribution in [-0.4, -0.2) is 14.1 Å². The Bertz CT molecular complexity index is 3200. The molecule has 11 aromatic rings. The Morgan fingerprint density at radius 2 is 1.15 bits per heavy atom. The predicted molar refractivity (Wildman–Crippen MR) is 194 cm³/mol. The van der Waals surface area contributed by atoms with E-state index >= 15 is 0 Å². The quantitative estimate of drug-likeness (QED) is 0.182. The molecule has 0 aliphatic carbocycles. The number of hydrogen-bond donors (Lipinski definition) is 0. The van der Waals surface area contributed by atoms with Crippen LogP contribution in [0.4, 0.5) is 5.69 Å². The minimum absolute atomic E-state index is 0.635. The topological polar surface area (TPSA) is 53.4 Å². The Morgan fingerprint density at radius 1 is 0.500 bits per heavy atom. The number of rotatable bonds is 2. The Balaban J connectivity index is 1.20. The van der Waals surface area contributed by atoms with Gasteiger partial charge in [0.15, 0.2) is 11.3 Å². The van der Waals surface area contributed by atoms with Crippen LogP contribution in [0.3, 0.4) is 0 Å². The van der Waals surface area contributed by atoms with Crippen molar-refractivity contribution in [2.45, 2.75) is 0 Å². The fraction of sp³-hybridized carbons (Fsp3) is 0. The van der Waals surface area contributed by atoms with Crippen LogP contribution in [-0.2, 0) is 0 Å². The average Bonchev–Trinajstić information content (AvgIpc) is 3.88. The molecule has 5 heterocycles. The summed E-state index contributed by atoms with van der Waals surface area (Å²) in [5.41, 5.74) is 11.1. The lowest BCUT2D eigenvalue weighted by atomic mass is 10.1. The lowest BCUT2D eigenvalue weighted by molar-refractivity contribution is 0.668. The smallest absolute Gasteiger partial charge is 0.188 e. The molecule has 0 unspecified atom stereocenters. The molecule has 0 saturated carbocycles. The maximum Gasteiger partial charge on any atom is 0.188 e. The highest BCUT2D eigenvalue weighted by atomic mass is 16.3. The molecule has 0 fully saturated rings. The Labute approximate surface area is 272 Å². The van der Waals surface area contributed by atoms with E-state index in [4.69, 9.17) is 20.4 Å². The van der Waals surface area contributed by atoms with Crippen LogP contribution >= 0.6 is 0 Å². The van der Waals surface area contributed by atoms with Gasteiger partial charge in [-0.05, 0) is 90.3 Å². The van der Waals surface area contributed by atoms with E-state index < -0.39 is 0 Å². The van der Waals surface area contributed by atoms with Crippen molar-refractivity contribution in [3.63, 3.8) is 0 Å². The van der Waals surface area contributed by atoms with Gasteiger partial charge in [0.25, 0.3) is 0 Å². The summed E-state index contributed by atoms with van der Waals surface area (Å²) in [6.45, 7) is 7.57. The van der Waals surface area contributed by atoms with Crippen LogP contribution < -0.4 is 0 Å². The highest BCUT2D eigenvalue weighted by Crippen LogP contribution is 2.42. The summed E-state index contributed by atoms with van der Waals surface area (Å²) in [5, 5.41) is 7.59. The van der Waals surface area contributed by atoms with Crippen LogP contribution in [0.5, 0.6) is 0 Å². The number of benzene rings is 6. The van der Waals surface area contributed by atoms with Gasteiger partial charge in [-0.1, -0.05) is 42.5 Å². The maximum absolute atomic E-state index is 7.57. The Morgan fingerprint density at radius 3 is 1.92 bits per heavy atom. The normalized spacial score (nSPS) is 12.1. The summed E-state index contributed by atoms with van der Waals surface area (Å²) in [6.07, 6.45) is 1.82. The van der Waals surface area contributed by atoms with Gasteiger partial charge in [0.1, 0.15) is 22.3 Å². The highest BCUT2D eigenvalue weighted by molar-refractivity contribution is 6.24. The third-order valence-electron chi connectivity index (χ3n) is 9.76. The van der Waals surface area contributed by atoms with Gasteiger partial charge in [0.05, 0.1) is 34.0 Å². The fourth-order valence-corrected chi connectivity index (χ4v) is 7.74. The average molecular weight is 615 g/mol. The summed E-state index contributed by atoms with van der Waals surface area (Å²) >= 11 is 0. The zero-order valence-corrected chi connectivity index (χ0v) is 25.3. The summed E-state index contributed by atoms with van der Waals surface area (Å²) in [6, 6.07) is 43.8. The molecule has 0 aliphatic rings. The molecule has 0 atom stereocenters. The van der Waals surface area contributed by atoms with E-state index in [0.717, 1.165) is 93.6 Å². The van der Waals surface area contributed by atoms with Crippen molar-refractivity contribution < 1.29 is 8.83 Å². The second-order valence-electron chi connectivity index (χ2n) is 12.3. The second kappa shape index (κ2) is 9.12. The number of nitrogens with zero attached hydrogens (tertiary/aromatic N) is 4.